The zero-order valence-electron chi connectivity index (χ0n) is 15.8. The van der Waals surface area contributed by atoms with Gasteiger partial charge in [0.15, 0.2) is 0 Å². The Hall–Kier alpha value is -2.96. The highest BCUT2D eigenvalue weighted by Crippen LogP contribution is 2.35. The standard InChI is InChI=1S/C24H16Br2N4/c25-15-10-12-16(13-11-15)28-19-14-21-24(22(26)23(19)27)29-18-8-4-5-9-20(18)30(21)17-6-2-1-3-7-17/h1-14H,27H2. The number of benzene rings is 4. The topological polar surface area (TPSA) is 56.2 Å². The summed E-state index contributed by atoms with van der Waals surface area (Å²) in [6.45, 7) is 0. The fourth-order valence-electron chi connectivity index (χ4n) is 3.51. The number of rotatable bonds is 2. The number of nitrogens with zero attached hydrogens (tertiary/aromatic N) is 3. The van der Waals surface area contributed by atoms with Gasteiger partial charge in [-0.15, -0.1) is 0 Å². The molecule has 3 aromatic rings. The summed E-state index contributed by atoms with van der Waals surface area (Å²) in [5.41, 5.74) is 12.5. The number of nitrogen functional groups attached to an aromatic ring is 1. The summed E-state index contributed by atoms with van der Waals surface area (Å²) >= 11 is 7.14. The lowest BCUT2D eigenvalue weighted by Gasteiger charge is -2.20. The molecule has 0 saturated carbocycles. The van der Waals surface area contributed by atoms with Crippen molar-refractivity contribution in [3.63, 3.8) is 0 Å². The molecular weight excluding hydrogens is 504 g/mol. The highest BCUT2D eigenvalue weighted by atomic mass is 79.9. The van der Waals surface area contributed by atoms with E-state index in [2.05, 4.69) is 54.6 Å². The molecule has 0 saturated heterocycles. The molecule has 2 N–H and O–H groups in total. The molecule has 3 aromatic carbocycles. The number of nitrogens with two attached hydrogens (primary N) is 1. The highest BCUT2D eigenvalue weighted by molar-refractivity contribution is 9.11. The minimum absolute atomic E-state index is 0.563. The number of fused-ring (bicyclic) bond motifs is 2. The molecule has 0 atom stereocenters. The van der Waals surface area contributed by atoms with E-state index in [0.717, 1.165) is 42.7 Å². The summed E-state index contributed by atoms with van der Waals surface area (Å²) in [6.07, 6.45) is 0. The Labute approximate surface area is 190 Å². The number of halogens is 2. The molecule has 0 amide bonds. The average molecular weight is 520 g/mol. The zero-order chi connectivity index (χ0) is 20.7. The average Bonchev–Trinajstić information content (AvgIpc) is 2.78. The summed E-state index contributed by atoms with van der Waals surface area (Å²) in [5, 5.41) is 0.693. The molecule has 30 heavy (non-hydrogen) atoms. The van der Waals surface area contributed by atoms with Crippen molar-refractivity contribution >= 4 is 54.3 Å². The molecule has 4 nitrogen and oxygen atoms in total. The van der Waals surface area contributed by atoms with E-state index in [1.807, 2.05) is 66.7 Å². The first-order valence-corrected chi connectivity index (χ1v) is 11.0. The van der Waals surface area contributed by atoms with Crippen LogP contribution in [0.4, 0.5) is 11.4 Å². The summed E-state index contributed by atoms with van der Waals surface area (Å²) in [5.74, 6) is 0. The van der Waals surface area contributed by atoms with Crippen LogP contribution in [0.3, 0.4) is 0 Å². The van der Waals surface area contributed by atoms with Crippen molar-refractivity contribution in [3.05, 3.63) is 99.2 Å². The van der Waals surface area contributed by atoms with Gasteiger partial charge in [0, 0.05) is 10.2 Å². The van der Waals surface area contributed by atoms with E-state index in [1.165, 1.54) is 0 Å². The second-order valence-electron chi connectivity index (χ2n) is 6.85. The molecule has 0 fully saturated rings. The van der Waals surface area contributed by atoms with Gasteiger partial charge in [0.05, 0.1) is 37.9 Å². The van der Waals surface area contributed by atoms with Gasteiger partial charge in [0.2, 0.25) is 0 Å². The lowest BCUT2D eigenvalue weighted by atomic mass is 10.1. The third kappa shape index (κ3) is 3.32. The molecule has 2 aliphatic rings. The van der Waals surface area contributed by atoms with E-state index in [4.69, 9.17) is 15.7 Å². The van der Waals surface area contributed by atoms with Crippen LogP contribution in [0.15, 0.2) is 98.9 Å². The minimum Gasteiger partial charge on any atom is -0.396 e. The fraction of sp³-hybridized carbons (Fsp3) is 0. The van der Waals surface area contributed by atoms with Crippen LogP contribution in [0, 0.1) is 0 Å². The van der Waals surface area contributed by atoms with Gasteiger partial charge in [-0.05, 0) is 70.5 Å². The fourth-order valence-corrected chi connectivity index (χ4v) is 4.26. The second-order valence-corrected chi connectivity index (χ2v) is 8.56. The van der Waals surface area contributed by atoms with Crippen LogP contribution in [-0.2, 0) is 0 Å². The van der Waals surface area contributed by atoms with Crippen LogP contribution < -0.4 is 11.1 Å². The zero-order valence-corrected chi connectivity index (χ0v) is 18.9. The Bertz CT molecular complexity index is 1410. The van der Waals surface area contributed by atoms with Gasteiger partial charge in [-0.1, -0.05) is 46.3 Å². The van der Waals surface area contributed by atoms with E-state index in [-0.39, 0.29) is 0 Å². The Balaban J connectivity index is 1.90. The smallest absolute Gasteiger partial charge is 0.104 e. The first-order valence-electron chi connectivity index (χ1n) is 9.37. The van der Waals surface area contributed by atoms with Crippen LogP contribution in [0.5, 0.6) is 0 Å². The maximum absolute atomic E-state index is 6.46. The summed E-state index contributed by atoms with van der Waals surface area (Å²) in [7, 11) is 0. The van der Waals surface area contributed by atoms with E-state index in [0.29, 0.717) is 11.0 Å². The van der Waals surface area contributed by atoms with Crippen molar-refractivity contribution in [2.45, 2.75) is 0 Å². The van der Waals surface area contributed by atoms with E-state index in [9.17, 15) is 0 Å². The van der Waals surface area contributed by atoms with Crippen molar-refractivity contribution in [3.8, 4) is 17.1 Å². The van der Waals surface area contributed by atoms with Crippen LogP contribution in [-0.4, -0.2) is 9.55 Å². The van der Waals surface area contributed by atoms with E-state index < -0.39 is 0 Å². The van der Waals surface area contributed by atoms with Crippen molar-refractivity contribution in [1.29, 1.82) is 0 Å². The highest BCUT2D eigenvalue weighted by Gasteiger charge is 2.19. The van der Waals surface area contributed by atoms with Gasteiger partial charge >= 0.3 is 0 Å². The van der Waals surface area contributed by atoms with Crippen LogP contribution in [0.1, 0.15) is 0 Å². The van der Waals surface area contributed by atoms with Gasteiger partial charge in [0.25, 0.3) is 0 Å². The van der Waals surface area contributed by atoms with Gasteiger partial charge < -0.3 is 10.3 Å². The van der Waals surface area contributed by atoms with Crippen LogP contribution >= 0.6 is 31.9 Å². The molecule has 1 aliphatic heterocycles. The van der Waals surface area contributed by atoms with E-state index >= 15 is 0 Å². The number of para-hydroxylation sites is 3. The lowest BCUT2D eigenvalue weighted by Crippen LogP contribution is -2.16. The molecule has 1 aliphatic carbocycles. The van der Waals surface area contributed by atoms with Crippen molar-refractivity contribution in [2.75, 3.05) is 5.73 Å². The summed E-state index contributed by atoms with van der Waals surface area (Å²) in [6, 6.07) is 28.2. The molecular formula is C24H16Br2N4. The number of anilines is 1. The minimum atomic E-state index is 0.563. The number of hydrogen-bond acceptors (Lipinski definition) is 3. The van der Waals surface area contributed by atoms with Gasteiger partial charge in [-0.25, -0.2) is 9.98 Å². The molecule has 0 radical (unpaired) electrons. The predicted octanol–water partition coefficient (Wildman–Crippen LogP) is 6.47. The quantitative estimate of drug-likeness (QED) is 0.214. The molecule has 0 unspecified atom stereocenters. The Kier molecular flexibility index (Phi) is 4.89. The molecule has 1 heterocycles. The largest absolute Gasteiger partial charge is 0.396 e. The maximum atomic E-state index is 6.46. The Morgan fingerprint density at radius 3 is 2.30 bits per heavy atom. The molecule has 0 spiro atoms. The first kappa shape index (κ1) is 19.0. The normalized spacial score (nSPS) is 12.0. The molecule has 5 rings (SSSR count). The van der Waals surface area contributed by atoms with Crippen molar-refractivity contribution in [2.24, 2.45) is 4.99 Å². The van der Waals surface area contributed by atoms with Crippen molar-refractivity contribution in [1.82, 2.24) is 9.55 Å². The molecule has 0 bridgehead atoms. The van der Waals surface area contributed by atoms with Gasteiger partial charge in [-0.3, -0.25) is 0 Å². The van der Waals surface area contributed by atoms with Crippen LogP contribution in [0.25, 0.3) is 28.1 Å². The van der Waals surface area contributed by atoms with Gasteiger partial charge in [0.1, 0.15) is 5.69 Å². The number of aromatic nitrogens is 2. The maximum Gasteiger partial charge on any atom is 0.104 e. The second kappa shape index (κ2) is 7.70. The monoisotopic (exact) mass is 518 g/mol. The lowest BCUT2D eigenvalue weighted by molar-refractivity contribution is 1.07. The first-order chi connectivity index (χ1) is 14.6. The van der Waals surface area contributed by atoms with E-state index in [1.54, 1.807) is 0 Å². The molecule has 0 aromatic heterocycles. The molecule has 146 valence electrons. The summed E-state index contributed by atoms with van der Waals surface area (Å²) in [4.78, 5) is 9.68. The van der Waals surface area contributed by atoms with Crippen LogP contribution in [0.2, 0.25) is 0 Å². The number of hydrogen-bond donors (Lipinski definition) is 1. The predicted molar refractivity (Wildman–Crippen MR) is 129 cm³/mol. The third-order valence-electron chi connectivity index (χ3n) is 4.92. The van der Waals surface area contributed by atoms with Gasteiger partial charge in [-0.2, -0.15) is 0 Å². The Morgan fingerprint density at radius 1 is 0.833 bits per heavy atom. The molecule has 6 heteroatoms. The summed E-state index contributed by atoms with van der Waals surface area (Å²) < 4.78 is 3.95. The SMILES string of the molecule is Nc1c(Br)c2nc3ccccc3n(-c3ccccc3)c-2cc1=Nc1ccc(Br)cc1. The van der Waals surface area contributed by atoms with Crippen molar-refractivity contribution < 1.29 is 0 Å². The third-order valence-corrected chi connectivity index (χ3v) is 6.25. The Morgan fingerprint density at radius 2 is 1.53 bits per heavy atom.